The van der Waals surface area contributed by atoms with Crippen LogP contribution >= 0.6 is 0 Å². The normalized spacial score (nSPS) is 25.6. The minimum atomic E-state index is -3.35. The number of nitro groups is 2. The van der Waals surface area contributed by atoms with E-state index in [4.69, 9.17) is 14.2 Å². The summed E-state index contributed by atoms with van der Waals surface area (Å²) in [4.78, 5) is 22.3. The van der Waals surface area contributed by atoms with Crippen LogP contribution in [0.3, 0.4) is 0 Å². The van der Waals surface area contributed by atoms with Crippen molar-refractivity contribution in [1.29, 1.82) is 0 Å². The van der Waals surface area contributed by atoms with E-state index in [9.17, 15) is 20.2 Å². The third-order valence-corrected chi connectivity index (χ3v) is 7.66. The Balaban J connectivity index is 1.98. The molecule has 0 heterocycles. The Morgan fingerprint density at radius 3 is 1.29 bits per heavy atom. The average Bonchev–Trinajstić information content (AvgIpc) is 3.00. The summed E-state index contributed by atoms with van der Waals surface area (Å²) in [5, 5.41) is 24.9. The van der Waals surface area contributed by atoms with E-state index >= 15 is 26.3 Å². The van der Waals surface area contributed by atoms with Crippen molar-refractivity contribution in [3.63, 3.8) is 0 Å². The molecule has 2 aliphatic carbocycles. The van der Waals surface area contributed by atoms with Gasteiger partial charge in [0.2, 0.25) is 34.8 Å². The van der Waals surface area contributed by atoms with Crippen molar-refractivity contribution in [2.24, 2.45) is 0 Å². The molecule has 0 amide bonds. The zero-order chi connectivity index (χ0) is 33.4. The Hall–Kier alpha value is -4.50. The highest BCUT2D eigenvalue weighted by Crippen LogP contribution is 2.54. The van der Waals surface area contributed by atoms with Crippen LogP contribution in [0.2, 0.25) is 0 Å². The second-order valence-corrected chi connectivity index (χ2v) is 10.1. The first-order chi connectivity index (χ1) is 21.3. The summed E-state index contributed by atoms with van der Waals surface area (Å²) in [7, 11) is 0. The largest absolute Gasteiger partial charge is 0.445 e. The van der Waals surface area contributed by atoms with Gasteiger partial charge in [0.15, 0.2) is 23.9 Å². The Kier molecular flexibility index (Phi) is 9.26. The highest BCUT2D eigenvalue weighted by atomic mass is 19.2. The maximum absolute atomic E-state index is 16.1. The van der Waals surface area contributed by atoms with Crippen molar-refractivity contribution in [3.05, 3.63) is 137 Å². The number of allylic oxidation sites excluding steroid dienone is 2. The first kappa shape index (κ1) is 33.4. The highest BCUT2D eigenvalue weighted by molar-refractivity contribution is 5.51. The monoisotopic (exact) mass is 640 g/mol. The van der Waals surface area contributed by atoms with E-state index < -0.39 is 104 Å². The molecular formula is C30H26F6N2O7. The van der Waals surface area contributed by atoms with E-state index in [0.29, 0.717) is 0 Å². The smallest absolute Gasteiger partial charge is 0.333 e. The molecule has 0 saturated heterocycles. The summed E-state index contributed by atoms with van der Waals surface area (Å²) >= 11 is 0. The molecule has 2 aromatic rings. The second kappa shape index (κ2) is 12.5. The third-order valence-electron chi connectivity index (χ3n) is 7.66. The molecule has 4 rings (SSSR count). The summed E-state index contributed by atoms with van der Waals surface area (Å²) in [6.45, 7) is 4.18. The van der Waals surface area contributed by atoms with Gasteiger partial charge >= 0.3 is 11.1 Å². The molecule has 0 radical (unpaired) electrons. The maximum Gasteiger partial charge on any atom is 0.333 e. The highest BCUT2D eigenvalue weighted by Gasteiger charge is 2.67. The summed E-state index contributed by atoms with van der Waals surface area (Å²) in [6, 6.07) is 10.1. The van der Waals surface area contributed by atoms with Crippen molar-refractivity contribution in [3.8, 4) is 0 Å². The van der Waals surface area contributed by atoms with Crippen LogP contribution in [-0.2, 0) is 25.3 Å². The van der Waals surface area contributed by atoms with Gasteiger partial charge in [-0.25, -0.2) is 8.78 Å². The fourth-order valence-corrected chi connectivity index (χ4v) is 5.66. The van der Waals surface area contributed by atoms with Crippen LogP contribution in [-0.4, -0.2) is 35.3 Å². The van der Waals surface area contributed by atoms with E-state index in [1.54, 1.807) is 0 Å². The lowest BCUT2D eigenvalue weighted by molar-refractivity contribution is -0.584. The zero-order valence-corrected chi connectivity index (χ0v) is 24.2. The molecule has 0 N–H and O–H groups in total. The fraction of sp³-hybridized carbons (Fsp3) is 0.333. The molecule has 9 nitrogen and oxygen atoms in total. The Morgan fingerprint density at radius 2 is 1.00 bits per heavy atom. The van der Waals surface area contributed by atoms with Crippen LogP contribution in [0.4, 0.5) is 26.3 Å². The number of halogens is 6. The van der Waals surface area contributed by atoms with Crippen LogP contribution in [0.5, 0.6) is 0 Å². The number of nitrogens with zero attached hydrogens (tertiary/aromatic N) is 2. The molecule has 0 saturated carbocycles. The predicted molar refractivity (Wildman–Crippen MR) is 146 cm³/mol. The van der Waals surface area contributed by atoms with Gasteiger partial charge < -0.3 is 14.2 Å². The lowest BCUT2D eigenvalue weighted by Gasteiger charge is -2.37. The summed E-state index contributed by atoms with van der Waals surface area (Å²) < 4.78 is 111. The number of benzene rings is 2. The molecule has 0 spiro atoms. The molecule has 0 bridgehead atoms. The Labute approximate surface area is 252 Å². The number of aryl methyl sites for hydroxylation is 2. The maximum atomic E-state index is 16.1. The van der Waals surface area contributed by atoms with Gasteiger partial charge in [-0.3, -0.25) is 20.2 Å². The first-order valence-electron chi connectivity index (χ1n) is 13.5. The van der Waals surface area contributed by atoms with E-state index in [-0.39, 0.29) is 11.1 Å². The van der Waals surface area contributed by atoms with Crippen LogP contribution in [0, 0.1) is 34.1 Å². The standard InChI is InChI=1S/C30H26F6N2O7/c1-5-43-27-21(33)23(19(31)25(35)29(27,37(39)40)17-13-9-7-11-15(17)3)45-24-20(32)26(36)30(38(41)42,28(22(24)34)44-6-2)18-14-10-8-12-16(18)4/h7-14,27-28H,5-6H2,1-4H3. The Morgan fingerprint density at radius 1 is 0.667 bits per heavy atom. The lowest BCUT2D eigenvalue weighted by atomic mass is 9.77. The molecule has 0 aliphatic heterocycles. The van der Waals surface area contributed by atoms with Crippen LogP contribution in [0.1, 0.15) is 36.1 Å². The quantitative estimate of drug-likeness (QED) is 0.150. The average molecular weight is 641 g/mol. The van der Waals surface area contributed by atoms with Gasteiger partial charge in [-0.15, -0.1) is 0 Å². The molecule has 4 atom stereocenters. The SMILES string of the molecule is CCOC1C(F)=C(OC2=C(F)C(OCC)C(c3ccccc3C)([N+](=O)[O-])C(F)=C2F)C(F)=C(F)C1(c1ccccc1C)[N+](=O)[O-]. The molecule has 240 valence electrons. The van der Waals surface area contributed by atoms with Gasteiger partial charge in [0.1, 0.15) is 0 Å². The van der Waals surface area contributed by atoms with Crippen LogP contribution in [0.15, 0.2) is 95.0 Å². The van der Waals surface area contributed by atoms with Gasteiger partial charge in [0.05, 0.1) is 0 Å². The first-order valence-corrected chi connectivity index (χ1v) is 13.5. The molecule has 2 aromatic carbocycles. The molecule has 0 fully saturated rings. The lowest BCUT2D eigenvalue weighted by Crippen LogP contribution is -2.52. The third kappa shape index (κ3) is 4.81. The van der Waals surface area contributed by atoms with E-state index in [1.165, 1.54) is 64.1 Å². The number of ether oxygens (including phenoxy) is 3. The van der Waals surface area contributed by atoms with Crippen molar-refractivity contribution in [2.75, 3.05) is 13.2 Å². The number of rotatable bonds is 10. The topological polar surface area (TPSA) is 114 Å². The molecule has 0 aromatic heterocycles. The van der Waals surface area contributed by atoms with Gasteiger partial charge in [-0.2, -0.15) is 17.6 Å². The number of hydrogen-bond acceptors (Lipinski definition) is 7. The zero-order valence-electron chi connectivity index (χ0n) is 24.2. The molecular weight excluding hydrogens is 614 g/mol. The van der Waals surface area contributed by atoms with E-state index in [0.717, 1.165) is 12.1 Å². The second-order valence-electron chi connectivity index (χ2n) is 10.1. The molecule has 45 heavy (non-hydrogen) atoms. The van der Waals surface area contributed by atoms with Crippen LogP contribution in [0.25, 0.3) is 0 Å². The molecule has 4 unspecified atom stereocenters. The van der Waals surface area contributed by atoms with Gasteiger partial charge in [0.25, 0.3) is 0 Å². The van der Waals surface area contributed by atoms with Crippen molar-refractivity contribution >= 4 is 0 Å². The van der Waals surface area contributed by atoms with Crippen molar-refractivity contribution < 1.29 is 50.4 Å². The van der Waals surface area contributed by atoms with Crippen LogP contribution < -0.4 is 0 Å². The summed E-state index contributed by atoms with van der Waals surface area (Å²) in [5.74, 6) is -17.0. The van der Waals surface area contributed by atoms with Gasteiger partial charge in [-0.1, -0.05) is 48.5 Å². The molecule has 15 heteroatoms. The summed E-state index contributed by atoms with van der Waals surface area (Å²) in [6.07, 6.45) is -5.16. The van der Waals surface area contributed by atoms with E-state index in [1.807, 2.05) is 0 Å². The predicted octanol–water partition coefficient (Wildman–Crippen LogP) is 7.47. The summed E-state index contributed by atoms with van der Waals surface area (Å²) in [5.41, 5.74) is -7.60. The van der Waals surface area contributed by atoms with E-state index in [2.05, 4.69) is 0 Å². The Bertz CT molecular complexity index is 1570. The van der Waals surface area contributed by atoms with Crippen molar-refractivity contribution in [1.82, 2.24) is 0 Å². The minimum Gasteiger partial charge on any atom is -0.445 e. The molecule has 2 aliphatic rings. The number of hydrogen-bond donors (Lipinski definition) is 0. The fourth-order valence-electron chi connectivity index (χ4n) is 5.66. The van der Waals surface area contributed by atoms with Crippen molar-refractivity contribution in [2.45, 2.75) is 51.0 Å². The van der Waals surface area contributed by atoms with Gasteiger partial charge in [-0.05, 0) is 38.8 Å². The van der Waals surface area contributed by atoms with Gasteiger partial charge in [0, 0.05) is 34.2 Å². The minimum absolute atomic E-state index is 0.0444.